The Bertz CT molecular complexity index is 418. The van der Waals surface area contributed by atoms with Crippen LogP contribution in [0.3, 0.4) is 0 Å². The second-order valence-electron chi connectivity index (χ2n) is 5.72. The van der Waals surface area contributed by atoms with Gasteiger partial charge in [0.2, 0.25) is 5.91 Å². The first-order valence-electron chi connectivity index (χ1n) is 7.32. The zero-order chi connectivity index (χ0) is 15.4. The topological polar surface area (TPSA) is 87.2 Å². The summed E-state index contributed by atoms with van der Waals surface area (Å²) in [5.74, 6) is -1.53. The molecule has 1 aliphatic carbocycles. The lowest BCUT2D eigenvalue weighted by molar-refractivity contribution is -0.143. The highest BCUT2D eigenvalue weighted by molar-refractivity contribution is 5.81. The first-order valence-corrected chi connectivity index (χ1v) is 7.32. The van der Waals surface area contributed by atoms with Gasteiger partial charge in [-0.05, 0) is 19.3 Å². The Balaban J connectivity index is 1.78. The fraction of sp³-hybridized carbons (Fsp3) is 0.786. The quantitative estimate of drug-likeness (QED) is 0.724. The van der Waals surface area contributed by atoms with Crippen molar-refractivity contribution in [2.45, 2.75) is 19.3 Å². The fourth-order valence-corrected chi connectivity index (χ4v) is 3.06. The van der Waals surface area contributed by atoms with Crippen LogP contribution >= 0.6 is 0 Å². The summed E-state index contributed by atoms with van der Waals surface area (Å²) in [6.45, 7) is 2.73. The van der Waals surface area contributed by atoms with Crippen LogP contribution in [0.4, 0.5) is 0 Å². The minimum absolute atomic E-state index is 0.0662. The van der Waals surface area contributed by atoms with E-state index in [1.54, 1.807) is 4.90 Å². The molecule has 7 heteroatoms. The maximum Gasteiger partial charge on any atom is 0.319 e. The van der Waals surface area contributed by atoms with Gasteiger partial charge in [0.15, 0.2) is 0 Å². The number of carbonyl (C=O) groups is 3. The van der Waals surface area contributed by atoms with Crippen molar-refractivity contribution in [1.29, 1.82) is 0 Å². The van der Waals surface area contributed by atoms with Gasteiger partial charge in [-0.3, -0.25) is 19.3 Å². The number of hydrogen-bond acceptors (Lipinski definition) is 5. The molecule has 7 nitrogen and oxygen atoms in total. The molecule has 1 N–H and O–H groups in total. The van der Waals surface area contributed by atoms with Crippen molar-refractivity contribution in [3.63, 3.8) is 0 Å². The normalized spacial score (nSPS) is 26.6. The molecule has 1 saturated heterocycles. The predicted molar refractivity (Wildman–Crippen MR) is 73.5 cm³/mol. The highest BCUT2D eigenvalue weighted by atomic mass is 16.5. The second kappa shape index (κ2) is 6.89. The Morgan fingerprint density at radius 1 is 1.10 bits per heavy atom. The third-order valence-corrected chi connectivity index (χ3v) is 4.40. The van der Waals surface area contributed by atoms with Gasteiger partial charge in [-0.15, -0.1) is 0 Å². The number of carboxylic acid groups (broad SMARTS) is 1. The molecule has 0 aromatic heterocycles. The molecule has 2 unspecified atom stereocenters. The molecule has 1 aliphatic heterocycles. The van der Waals surface area contributed by atoms with Gasteiger partial charge in [0.25, 0.3) is 0 Å². The Kier molecular flexibility index (Phi) is 5.17. The molecule has 2 atom stereocenters. The molecule has 2 rings (SSSR count). The largest absolute Gasteiger partial charge is 0.481 e. The van der Waals surface area contributed by atoms with E-state index >= 15 is 0 Å². The second-order valence-corrected chi connectivity index (χ2v) is 5.72. The van der Waals surface area contributed by atoms with Crippen LogP contribution in [-0.2, 0) is 19.1 Å². The molecular formula is C14H22N2O5. The van der Waals surface area contributed by atoms with Gasteiger partial charge in [-0.2, -0.15) is 0 Å². The summed E-state index contributed by atoms with van der Waals surface area (Å²) in [5.41, 5.74) is 0. The van der Waals surface area contributed by atoms with Crippen LogP contribution < -0.4 is 0 Å². The van der Waals surface area contributed by atoms with Crippen molar-refractivity contribution in [3.05, 3.63) is 0 Å². The number of ether oxygens (including phenoxy) is 1. The number of hydrogen-bond donors (Lipinski definition) is 1. The molecule has 1 amide bonds. The lowest BCUT2D eigenvalue weighted by Crippen LogP contribution is -2.51. The molecule has 2 fully saturated rings. The maximum absolute atomic E-state index is 12.4. The fourth-order valence-electron chi connectivity index (χ4n) is 3.06. The van der Waals surface area contributed by atoms with Crippen molar-refractivity contribution in [2.75, 3.05) is 39.8 Å². The van der Waals surface area contributed by atoms with E-state index in [-0.39, 0.29) is 30.3 Å². The molecule has 0 aromatic carbocycles. The van der Waals surface area contributed by atoms with Gasteiger partial charge in [-0.25, -0.2) is 0 Å². The third kappa shape index (κ3) is 3.93. The van der Waals surface area contributed by atoms with E-state index in [1.165, 1.54) is 7.11 Å². The van der Waals surface area contributed by atoms with Crippen LogP contribution in [0.2, 0.25) is 0 Å². The number of rotatable bonds is 4. The van der Waals surface area contributed by atoms with Gasteiger partial charge < -0.3 is 14.7 Å². The van der Waals surface area contributed by atoms with E-state index < -0.39 is 5.97 Å². The Labute approximate surface area is 123 Å². The van der Waals surface area contributed by atoms with E-state index in [9.17, 15) is 14.4 Å². The SMILES string of the molecule is COC(=O)CN1CCN(C(=O)C2CCC(C(=O)O)C2)CC1. The van der Waals surface area contributed by atoms with Crippen LogP contribution in [0.25, 0.3) is 0 Å². The highest BCUT2D eigenvalue weighted by Crippen LogP contribution is 2.32. The van der Waals surface area contributed by atoms with Crippen molar-refractivity contribution in [2.24, 2.45) is 11.8 Å². The number of esters is 1. The van der Waals surface area contributed by atoms with Crippen molar-refractivity contribution < 1.29 is 24.2 Å². The summed E-state index contributed by atoms with van der Waals surface area (Å²) < 4.78 is 4.63. The Morgan fingerprint density at radius 2 is 1.71 bits per heavy atom. The third-order valence-electron chi connectivity index (χ3n) is 4.40. The smallest absolute Gasteiger partial charge is 0.319 e. The summed E-state index contributed by atoms with van der Waals surface area (Å²) in [5, 5.41) is 8.99. The van der Waals surface area contributed by atoms with Crippen LogP contribution in [0, 0.1) is 11.8 Å². The van der Waals surface area contributed by atoms with Gasteiger partial charge in [-0.1, -0.05) is 0 Å². The van der Waals surface area contributed by atoms with E-state index in [4.69, 9.17) is 5.11 Å². The minimum atomic E-state index is -0.798. The maximum atomic E-state index is 12.4. The van der Waals surface area contributed by atoms with E-state index in [0.717, 1.165) is 0 Å². The number of nitrogens with zero attached hydrogens (tertiary/aromatic N) is 2. The summed E-state index contributed by atoms with van der Waals surface area (Å²) in [6.07, 6.45) is 1.71. The lowest BCUT2D eigenvalue weighted by atomic mass is 10.0. The zero-order valence-electron chi connectivity index (χ0n) is 12.3. The minimum Gasteiger partial charge on any atom is -0.481 e. The van der Waals surface area contributed by atoms with Gasteiger partial charge in [0.05, 0.1) is 19.6 Å². The highest BCUT2D eigenvalue weighted by Gasteiger charge is 2.36. The first-order chi connectivity index (χ1) is 10.0. The molecule has 0 radical (unpaired) electrons. The van der Waals surface area contributed by atoms with Crippen LogP contribution in [0.15, 0.2) is 0 Å². The summed E-state index contributed by atoms with van der Waals surface area (Å²) in [7, 11) is 1.36. The molecular weight excluding hydrogens is 276 g/mol. The van der Waals surface area contributed by atoms with Gasteiger partial charge >= 0.3 is 11.9 Å². The average molecular weight is 298 g/mol. The molecule has 2 aliphatic rings. The summed E-state index contributed by atoms with van der Waals surface area (Å²) >= 11 is 0. The number of methoxy groups -OCH3 is 1. The molecule has 0 spiro atoms. The van der Waals surface area contributed by atoms with Crippen molar-refractivity contribution >= 4 is 17.8 Å². The van der Waals surface area contributed by atoms with Crippen LogP contribution in [0.1, 0.15) is 19.3 Å². The first kappa shape index (κ1) is 15.8. The van der Waals surface area contributed by atoms with E-state index in [0.29, 0.717) is 45.4 Å². The van der Waals surface area contributed by atoms with E-state index in [1.807, 2.05) is 4.90 Å². The monoisotopic (exact) mass is 298 g/mol. The molecule has 1 saturated carbocycles. The number of carbonyl (C=O) groups excluding carboxylic acids is 2. The van der Waals surface area contributed by atoms with Gasteiger partial charge in [0, 0.05) is 32.1 Å². The van der Waals surface area contributed by atoms with Gasteiger partial charge in [0.1, 0.15) is 0 Å². The summed E-state index contributed by atoms with van der Waals surface area (Å²) in [6, 6.07) is 0. The molecule has 118 valence electrons. The van der Waals surface area contributed by atoms with Crippen molar-refractivity contribution in [3.8, 4) is 0 Å². The molecule has 0 aromatic rings. The number of carboxylic acids is 1. The Morgan fingerprint density at radius 3 is 2.24 bits per heavy atom. The summed E-state index contributed by atoms with van der Waals surface area (Å²) in [4.78, 5) is 38.3. The molecule has 0 bridgehead atoms. The van der Waals surface area contributed by atoms with Crippen molar-refractivity contribution in [1.82, 2.24) is 9.80 Å². The molecule has 21 heavy (non-hydrogen) atoms. The number of aliphatic carboxylic acids is 1. The zero-order valence-corrected chi connectivity index (χ0v) is 12.3. The van der Waals surface area contributed by atoms with Crippen LogP contribution in [0.5, 0.6) is 0 Å². The van der Waals surface area contributed by atoms with Crippen LogP contribution in [-0.4, -0.2) is 72.6 Å². The Hall–Kier alpha value is -1.63. The standard InChI is InChI=1S/C14H22N2O5/c1-21-12(17)9-15-4-6-16(7-5-15)13(18)10-2-3-11(8-10)14(19)20/h10-11H,2-9H2,1H3,(H,19,20). The predicted octanol–water partition coefficient (Wildman–Crippen LogP) is -0.195. The molecule has 1 heterocycles. The van der Waals surface area contributed by atoms with E-state index in [2.05, 4.69) is 4.74 Å². The number of piperazine rings is 1. The lowest BCUT2D eigenvalue weighted by Gasteiger charge is -2.35. The number of amides is 1. The average Bonchev–Trinajstić information content (AvgIpc) is 2.97.